The third kappa shape index (κ3) is 2.51. The molecule has 98 valence electrons. The monoisotopic (exact) mass is 246 g/mol. The molecule has 0 aliphatic rings. The van der Waals surface area contributed by atoms with E-state index in [0.717, 1.165) is 23.9 Å². The molecule has 2 N–H and O–H groups in total. The Labute approximate surface area is 108 Å². The first kappa shape index (κ1) is 13.0. The second kappa shape index (κ2) is 4.65. The van der Waals surface area contributed by atoms with E-state index in [1.54, 1.807) is 6.07 Å². The highest BCUT2D eigenvalue weighted by Crippen LogP contribution is 2.28. The number of nitrogens with one attached hydrogen (secondary N) is 1. The SMILES string of the molecule is CN(CCc1c[nH]c2cccc(O)c12)C(C)(C)C. The molecule has 3 nitrogen and oxygen atoms in total. The fraction of sp³-hybridized carbons (Fsp3) is 0.467. The zero-order valence-corrected chi connectivity index (χ0v) is 11.6. The Balaban J connectivity index is 2.18. The first-order valence-corrected chi connectivity index (χ1v) is 6.39. The molecule has 0 spiro atoms. The topological polar surface area (TPSA) is 39.3 Å². The molecule has 1 heterocycles. The Morgan fingerprint density at radius 3 is 2.67 bits per heavy atom. The fourth-order valence-electron chi connectivity index (χ4n) is 2.06. The summed E-state index contributed by atoms with van der Waals surface area (Å²) < 4.78 is 0. The molecule has 2 rings (SSSR count). The standard InChI is InChI=1S/C15H22N2O/c1-15(2,3)17(4)9-8-11-10-16-12-6-5-7-13(18)14(11)12/h5-7,10,16,18H,8-9H2,1-4H3. The molecule has 2 aromatic rings. The summed E-state index contributed by atoms with van der Waals surface area (Å²) in [4.78, 5) is 5.54. The number of hydrogen-bond donors (Lipinski definition) is 2. The minimum Gasteiger partial charge on any atom is -0.507 e. The van der Waals surface area contributed by atoms with Crippen LogP contribution in [-0.4, -0.2) is 34.1 Å². The molecule has 0 atom stereocenters. The van der Waals surface area contributed by atoms with Gasteiger partial charge in [0.2, 0.25) is 0 Å². The summed E-state index contributed by atoms with van der Waals surface area (Å²) in [6.07, 6.45) is 2.94. The van der Waals surface area contributed by atoms with Crippen LogP contribution in [0.4, 0.5) is 0 Å². The van der Waals surface area contributed by atoms with Gasteiger partial charge >= 0.3 is 0 Å². The van der Waals surface area contributed by atoms with Gasteiger partial charge in [0.05, 0.1) is 0 Å². The molecular formula is C15H22N2O. The van der Waals surface area contributed by atoms with Crippen molar-refractivity contribution in [2.45, 2.75) is 32.7 Å². The molecular weight excluding hydrogens is 224 g/mol. The van der Waals surface area contributed by atoms with E-state index in [4.69, 9.17) is 0 Å². The lowest BCUT2D eigenvalue weighted by atomic mass is 10.0. The molecule has 0 aliphatic carbocycles. The quantitative estimate of drug-likeness (QED) is 0.873. The van der Waals surface area contributed by atoms with Crippen LogP contribution >= 0.6 is 0 Å². The maximum Gasteiger partial charge on any atom is 0.125 e. The first-order chi connectivity index (χ1) is 8.39. The molecule has 3 heteroatoms. The van der Waals surface area contributed by atoms with Gasteiger partial charge in [-0.2, -0.15) is 0 Å². The van der Waals surface area contributed by atoms with Crippen molar-refractivity contribution in [3.63, 3.8) is 0 Å². The first-order valence-electron chi connectivity index (χ1n) is 6.39. The Hall–Kier alpha value is -1.48. The van der Waals surface area contributed by atoms with Crippen molar-refractivity contribution in [1.29, 1.82) is 0 Å². The second-order valence-corrected chi connectivity index (χ2v) is 5.86. The number of likely N-dealkylation sites (N-methyl/N-ethyl adjacent to an activating group) is 1. The molecule has 1 aromatic heterocycles. The summed E-state index contributed by atoms with van der Waals surface area (Å²) in [6.45, 7) is 7.60. The smallest absolute Gasteiger partial charge is 0.125 e. The average molecular weight is 246 g/mol. The van der Waals surface area contributed by atoms with Crippen LogP contribution < -0.4 is 0 Å². The Bertz CT molecular complexity index is 537. The predicted molar refractivity (Wildman–Crippen MR) is 76.1 cm³/mol. The Morgan fingerprint density at radius 1 is 1.28 bits per heavy atom. The third-order valence-electron chi connectivity index (χ3n) is 3.63. The molecule has 0 bridgehead atoms. The van der Waals surface area contributed by atoms with Crippen molar-refractivity contribution < 1.29 is 5.11 Å². The van der Waals surface area contributed by atoms with E-state index in [1.807, 2.05) is 18.3 Å². The van der Waals surface area contributed by atoms with Crippen molar-refractivity contribution in [2.75, 3.05) is 13.6 Å². The molecule has 0 radical (unpaired) electrons. The number of phenolic OH excluding ortho intramolecular Hbond substituents is 1. The van der Waals surface area contributed by atoms with Crippen molar-refractivity contribution >= 4 is 10.9 Å². The largest absolute Gasteiger partial charge is 0.507 e. The molecule has 0 aliphatic heterocycles. The number of aromatic amines is 1. The van der Waals surface area contributed by atoms with E-state index in [2.05, 4.69) is 37.7 Å². The van der Waals surface area contributed by atoms with Gasteiger partial charge in [-0.15, -0.1) is 0 Å². The number of H-pyrrole nitrogens is 1. The van der Waals surface area contributed by atoms with Crippen LogP contribution in [0.5, 0.6) is 5.75 Å². The summed E-state index contributed by atoms with van der Waals surface area (Å²) in [7, 11) is 2.13. The van der Waals surface area contributed by atoms with Crippen LogP contribution in [0.15, 0.2) is 24.4 Å². The summed E-state index contributed by atoms with van der Waals surface area (Å²) in [5.41, 5.74) is 2.36. The van der Waals surface area contributed by atoms with Crippen molar-refractivity contribution in [3.05, 3.63) is 30.0 Å². The molecule has 0 saturated heterocycles. The Kier molecular flexibility index (Phi) is 3.35. The number of phenols is 1. The minimum absolute atomic E-state index is 0.175. The van der Waals surface area contributed by atoms with Gasteiger partial charge in [-0.25, -0.2) is 0 Å². The lowest BCUT2D eigenvalue weighted by Crippen LogP contribution is -2.39. The zero-order valence-electron chi connectivity index (χ0n) is 11.6. The van der Waals surface area contributed by atoms with E-state index in [-0.39, 0.29) is 5.54 Å². The zero-order chi connectivity index (χ0) is 13.3. The molecule has 0 amide bonds. The van der Waals surface area contributed by atoms with E-state index in [9.17, 15) is 5.11 Å². The number of nitrogens with zero attached hydrogens (tertiary/aromatic N) is 1. The maximum atomic E-state index is 9.93. The van der Waals surface area contributed by atoms with Gasteiger partial charge in [0.1, 0.15) is 5.75 Å². The maximum absolute atomic E-state index is 9.93. The van der Waals surface area contributed by atoms with Gasteiger partial charge in [-0.05, 0) is 51.9 Å². The van der Waals surface area contributed by atoms with Gasteiger partial charge in [-0.1, -0.05) is 6.07 Å². The van der Waals surface area contributed by atoms with Crippen LogP contribution in [0.25, 0.3) is 10.9 Å². The summed E-state index contributed by atoms with van der Waals surface area (Å²) >= 11 is 0. The molecule has 18 heavy (non-hydrogen) atoms. The van der Waals surface area contributed by atoms with E-state index >= 15 is 0 Å². The number of hydrogen-bond acceptors (Lipinski definition) is 2. The highest BCUT2D eigenvalue weighted by Gasteiger charge is 2.17. The van der Waals surface area contributed by atoms with Crippen LogP contribution in [0.2, 0.25) is 0 Å². The van der Waals surface area contributed by atoms with Gasteiger partial charge < -0.3 is 15.0 Å². The highest BCUT2D eigenvalue weighted by molar-refractivity contribution is 5.88. The number of fused-ring (bicyclic) bond motifs is 1. The van der Waals surface area contributed by atoms with Gasteiger partial charge in [0, 0.05) is 29.2 Å². The normalized spacial score (nSPS) is 12.5. The summed E-state index contributed by atoms with van der Waals surface area (Å²) in [5, 5.41) is 10.9. The fourth-order valence-corrected chi connectivity index (χ4v) is 2.06. The van der Waals surface area contributed by atoms with Gasteiger partial charge in [0.25, 0.3) is 0 Å². The minimum atomic E-state index is 0.175. The van der Waals surface area contributed by atoms with Crippen molar-refractivity contribution in [2.24, 2.45) is 0 Å². The number of aromatic nitrogens is 1. The molecule has 1 aromatic carbocycles. The average Bonchev–Trinajstić information content (AvgIpc) is 2.69. The lowest BCUT2D eigenvalue weighted by molar-refractivity contribution is 0.178. The van der Waals surface area contributed by atoms with Crippen molar-refractivity contribution in [3.8, 4) is 5.75 Å². The lowest BCUT2D eigenvalue weighted by Gasteiger charge is -2.31. The van der Waals surface area contributed by atoms with Crippen LogP contribution in [0.3, 0.4) is 0 Å². The molecule has 0 fully saturated rings. The number of aromatic hydroxyl groups is 1. The van der Waals surface area contributed by atoms with Crippen LogP contribution in [0, 0.1) is 0 Å². The molecule has 0 saturated carbocycles. The predicted octanol–water partition coefficient (Wildman–Crippen LogP) is 3.15. The Morgan fingerprint density at radius 2 is 2.00 bits per heavy atom. The summed E-state index contributed by atoms with van der Waals surface area (Å²) in [5.74, 6) is 0.363. The molecule has 0 unspecified atom stereocenters. The van der Waals surface area contributed by atoms with Gasteiger partial charge in [0.15, 0.2) is 0 Å². The van der Waals surface area contributed by atoms with E-state index in [1.165, 1.54) is 5.56 Å². The van der Waals surface area contributed by atoms with E-state index in [0.29, 0.717) is 5.75 Å². The number of benzene rings is 1. The highest BCUT2D eigenvalue weighted by atomic mass is 16.3. The third-order valence-corrected chi connectivity index (χ3v) is 3.63. The van der Waals surface area contributed by atoms with Gasteiger partial charge in [-0.3, -0.25) is 0 Å². The number of rotatable bonds is 3. The second-order valence-electron chi connectivity index (χ2n) is 5.86. The summed E-state index contributed by atoms with van der Waals surface area (Å²) in [6, 6.07) is 5.60. The van der Waals surface area contributed by atoms with Crippen LogP contribution in [0.1, 0.15) is 26.3 Å². The van der Waals surface area contributed by atoms with Crippen molar-refractivity contribution in [1.82, 2.24) is 9.88 Å². The van der Waals surface area contributed by atoms with E-state index < -0.39 is 0 Å². The van der Waals surface area contributed by atoms with Crippen LogP contribution in [-0.2, 0) is 6.42 Å².